The Morgan fingerprint density at radius 2 is 1.65 bits per heavy atom. The molecule has 5 heterocycles. The summed E-state index contributed by atoms with van der Waals surface area (Å²) in [4.78, 5) is 85.7. The van der Waals surface area contributed by atoms with Gasteiger partial charge in [-0.05, 0) is 47.4 Å². The van der Waals surface area contributed by atoms with Crippen LogP contribution >= 0.6 is 11.3 Å². The van der Waals surface area contributed by atoms with E-state index < -0.39 is 35.6 Å². The molecule has 4 atom stereocenters. The lowest BCUT2D eigenvalue weighted by Gasteiger charge is -2.39. The molecule has 2 aromatic carbocycles. The molecular weight excluding hydrogens is 887 g/mol. The first-order chi connectivity index (χ1) is 32.6. The molecule has 0 saturated carbocycles. The van der Waals surface area contributed by atoms with Crippen LogP contribution in [0.5, 0.6) is 0 Å². The zero-order chi connectivity index (χ0) is 48.4. The van der Waals surface area contributed by atoms with Crippen LogP contribution < -0.4 is 26.6 Å². The number of nitrogens with zero attached hydrogens (tertiary/aromatic N) is 6. The minimum atomic E-state index is -0.961. The summed E-state index contributed by atoms with van der Waals surface area (Å²) in [6, 6.07) is 16.0. The molecule has 364 valence electrons. The molecule has 4 aromatic rings. The van der Waals surface area contributed by atoms with Crippen molar-refractivity contribution in [3.8, 4) is 10.4 Å². The highest BCUT2D eigenvalue weighted by Crippen LogP contribution is 2.29. The van der Waals surface area contributed by atoms with E-state index in [9.17, 15) is 34.2 Å². The summed E-state index contributed by atoms with van der Waals surface area (Å²) < 4.78 is 0. The lowest BCUT2D eigenvalue weighted by Crippen LogP contribution is -2.57. The van der Waals surface area contributed by atoms with Gasteiger partial charge < -0.3 is 41.7 Å². The number of hydrogen-bond acceptors (Lipinski definition) is 14. The Hall–Kier alpha value is -5.86. The van der Waals surface area contributed by atoms with E-state index in [1.54, 1.807) is 17.4 Å². The summed E-state index contributed by atoms with van der Waals surface area (Å²) in [5.74, 6) is -1.25. The summed E-state index contributed by atoms with van der Waals surface area (Å²) in [6.07, 6.45) is 1.21. The predicted octanol–water partition coefficient (Wildman–Crippen LogP) is 2.25. The van der Waals surface area contributed by atoms with Crippen molar-refractivity contribution in [1.82, 2.24) is 50.9 Å². The van der Waals surface area contributed by atoms with E-state index in [1.165, 1.54) is 22.4 Å². The second kappa shape index (κ2) is 23.0. The highest BCUT2D eigenvalue weighted by atomic mass is 32.1. The van der Waals surface area contributed by atoms with Crippen LogP contribution in [0, 0.1) is 12.3 Å². The van der Waals surface area contributed by atoms with Gasteiger partial charge in [0.1, 0.15) is 29.9 Å². The molecule has 7 rings (SSSR count). The van der Waals surface area contributed by atoms with Crippen molar-refractivity contribution in [1.29, 1.82) is 0 Å². The van der Waals surface area contributed by atoms with Crippen molar-refractivity contribution in [3.63, 3.8) is 0 Å². The number of aromatic nitrogens is 3. The van der Waals surface area contributed by atoms with E-state index in [1.807, 2.05) is 69.6 Å². The number of carbonyl (C=O) groups is 5. The fraction of sp³-hybridized carbons (Fsp3) is 0.510. The van der Waals surface area contributed by atoms with Crippen LogP contribution in [0.25, 0.3) is 10.4 Å². The number of aryl methyl sites for hydroxylation is 1. The van der Waals surface area contributed by atoms with Gasteiger partial charge in [0.2, 0.25) is 23.6 Å². The third kappa shape index (κ3) is 13.6. The maximum absolute atomic E-state index is 14.0. The van der Waals surface area contributed by atoms with Crippen LogP contribution in [0.2, 0.25) is 0 Å². The minimum Gasteiger partial charge on any atom is -0.391 e. The molecule has 18 nitrogen and oxygen atoms in total. The second-order valence-corrected chi connectivity index (χ2v) is 20.0. The lowest BCUT2D eigenvalue weighted by atomic mass is 9.85. The first kappa shape index (κ1) is 50.0. The third-order valence-corrected chi connectivity index (χ3v) is 13.6. The number of aliphatic hydroxyl groups excluding tert-OH is 2. The number of anilines is 1. The SMILES string of the molecule is Cc1ncsc1-c1ccc(CNC(=O)[C@@H]2C[C@@H](O)CN2C(=O)[C@@H](NC(=O)CCCC(=O)NCCN2CC(Nc3cc(C(=O)NC[C@H](O)CN4CCc5ccccc5C4)ncn3)C2)C(C)(C)C)cc1. The molecule has 3 aliphatic heterocycles. The van der Waals surface area contributed by atoms with Crippen LogP contribution in [-0.2, 0) is 38.7 Å². The van der Waals surface area contributed by atoms with Gasteiger partial charge in [-0.3, -0.25) is 33.8 Å². The normalized spacial score (nSPS) is 18.5. The summed E-state index contributed by atoms with van der Waals surface area (Å²) in [7, 11) is 0. The molecule has 5 amide bonds. The van der Waals surface area contributed by atoms with E-state index in [-0.39, 0.29) is 80.7 Å². The molecule has 2 aromatic heterocycles. The van der Waals surface area contributed by atoms with E-state index in [0.29, 0.717) is 38.5 Å². The number of hydrogen-bond donors (Lipinski definition) is 7. The standard InChI is InChI=1S/C49H65N11O7S/c1-31-44(68-30-55-31)34-14-12-32(13-15-34)22-51-47(66)40-20-37(61)28-60(40)48(67)45(49(2,3)4)57-43(64)11-7-10-42(63)50-17-19-59-25-36(26-59)56-41-21-39(53-29-54-41)46(65)52-23-38(62)27-58-18-16-33-8-5-6-9-35(33)24-58/h5-6,8-9,12-15,21,29-30,36-38,40,45,61-62H,7,10-11,16-20,22-28H2,1-4H3,(H,50,63)(H,51,66)(H,52,65)(H,57,64)(H,53,54,56)/t37-,38+,40+,45-/m1/s1. The van der Waals surface area contributed by atoms with Crippen LogP contribution in [0.3, 0.4) is 0 Å². The fourth-order valence-corrected chi connectivity index (χ4v) is 9.66. The summed E-state index contributed by atoms with van der Waals surface area (Å²) in [5, 5.41) is 36.0. The molecule has 68 heavy (non-hydrogen) atoms. The molecule has 19 heteroatoms. The zero-order valence-electron chi connectivity index (χ0n) is 39.4. The van der Waals surface area contributed by atoms with Crippen molar-refractivity contribution < 1.29 is 34.2 Å². The van der Waals surface area contributed by atoms with Gasteiger partial charge in [-0.25, -0.2) is 15.0 Å². The van der Waals surface area contributed by atoms with Gasteiger partial charge in [0.25, 0.3) is 5.91 Å². The first-order valence-electron chi connectivity index (χ1n) is 23.5. The molecule has 3 aliphatic rings. The fourth-order valence-electron chi connectivity index (χ4n) is 8.85. The monoisotopic (exact) mass is 951 g/mol. The Labute approximate surface area is 401 Å². The van der Waals surface area contributed by atoms with Gasteiger partial charge in [-0.15, -0.1) is 11.3 Å². The maximum atomic E-state index is 14.0. The summed E-state index contributed by atoms with van der Waals surface area (Å²) in [5.41, 5.74) is 6.81. The molecule has 0 bridgehead atoms. The topological polar surface area (TPSA) is 234 Å². The number of likely N-dealkylation sites (tertiary alicyclic amines) is 2. The molecule has 0 aliphatic carbocycles. The van der Waals surface area contributed by atoms with Gasteiger partial charge in [0.05, 0.1) is 34.3 Å². The van der Waals surface area contributed by atoms with Crippen LogP contribution in [-0.4, -0.2) is 152 Å². The number of thiazole rings is 1. The molecule has 0 spiro atoms. The number of nitrogens with one attached hydrogen (secondary N) is 5. The molecule has 7 N–H and O–H groups in total. The highest BCUT2D eigenvalue weighted by Gasteiger charge is 2.44. The zero-order valence-corrected chi connectivity index (χ0v) is 40.2. The first-order valence-corrected chi connectivity index (χ1v) is 24.4. The van der Waals surface area contributed by atoms with E-state index in [2.05, 4.69) is 63.5 Å². The van der Waals surface area contributed by atoms with Gasteiger partial charge in [-0.2, -0.15) is 0 Å². The molecular formula is C49H65N11O7S. The van der Waals surface area contributed by atoms with Crippen LogP contribution in [0.15, 0.2) is 66.4 Å². The van der Waals surface area contributed by atoms with Crippen molar-refractivity contribution in [2.45, 2.75) is 103 Å². The van der Waals surface area contributed by atoms with Crippen molar-refractivity contribution in [2.24, 2.45) is 5.41 Å². The smallest absolute Gasteiger partial charge is 0.270 e. The number of benzene rings is 2. The number of fused-ring (bicyclic) bond motifs is 1. The Morgan fingerprint density at radius 3 is 2.38 bits per heavy atom. The third-order valence-electron chi connectivity index (χ3n) is 12.7. The number of carbonyl (C=O) groups excluding carboxylic acids is 5. The van der Waals surface area contributed by atoms with E-state index in [4.69, 9.17) is 0 Å². The molecule has 0 unspecified atom stereocenters. The van der Waals surface area contributed by atoms with Crippen molar-refractivity contribution in [3.05, 3.63) is 94.5 Å². The number of rotatable bonds is 20. The van der Waals surface area contributed by atoms with Crippen LogP contribution in [0.1, 0.15) is 79.3 Å². The van der Waals surface area contributed by atoms with Crippen molar-refractivity contribution >= 4 is 46.7 Å². The highest BCUT2D eigenvalue weighted by molar-refractivity contribution is 7.13. The van der Waals surface area contributed by atoms with Crippen LogP contribution in [0.4, 0.5) is 5.82 Å². The Morgan fingerprint density at radius 1 is 0.897 bits per heavy atom. The Balaban J connectivity index is 0.764. The summed E-state index contributed by atoms with van der Waals surface area (Å²) in [6.45, 7) is 12.4. The number of amides is 5. The van der Waals surface area contributed by atoms with Gasteiger partial charge in [-0.1, -0.05) is 69.3 Å². The van der Waals surface area contributed by atoms with Crippen molar-refractivity contribution in [2.75, 3.05) is 57.7 Å². The molecule has 0 radical (unpaired) electrons. The average molecular weight is 952 g/mol. The van der Waals surface area contributed by atoms with Gasteiger partial charge in [0, 0.05) is 90.8 Å². The second-order valence-electron chi connectivity index (χ2n) is 19.2. The predicted molar refractivity (Wildman–Crippen MR) is 258 cm³/mol. The Bertz CT molecular complexity index is 2390. The van der Waals surface area contributed by atoms with E-state index >= 15 is 0 Å². The summed E-state index contributed by atoms with van der Waals surface area (Å²) >= 11 is 1.57. The van der Waals surface area contributed by atoms with Gasteiger partial charge >= 0.3 is 0 Å². The Kier molecular flexibility index (Phi) is 16.9. The van der Waals surface area contributed by atoms with Gasteiger partial charge in [0.15, 0.2) is 0 Å². The molecule has 2 saturated heterocycles. The average Bonchev–Trinajstić information content (AvgIpc) is 3.92. The minimum absolute atomic E-state index is 0.0243. The van der Waals surface area contributed by atoms with E-state index in [0.717, 1.165) is 41.2 Å². The number of β-amino-alcohol motifs (C(OH)–C–C–N with tert-alkyl or cyclic N) is 2. The number of aliphatic hydroxyl groups is 2. The lowest BCUT2D eigenvalue weighted by molar-refractivity contribution is -0.144. The quantitative estimate of drug-likeness (QED) is 0.0675. The maximum Gasteiger partial charge on any atom is 0.270 e. The largest absolute Gasteiger partial charge is 0.391 e. The molecule has 2 fully saturated rings.